The van der Waals surface area contributed by atoms with Gasteiger partial charge in [0.05, 0.1) is 6.33 Å². The third-order valence-corrected chi connectivity index (χ3v) is 3.78. The van der Waals surface area contributed by atoms with E-state index in [0.29, 0.717) is 6.42 Å². The normalized spacial score (nSPS) is 11.6. The molecule has 0 atom stereocenters. The Bertz CT molecular complexity index is 758. The Morgan fingerprint density at radius 1 is 1.26 bits per heavy atom. The number of hydrogen-bond acceptors (Lipinski definition) is 5. The monoisotopic (exact) mass is 285 g/mol. The number of hydrogen-bond donors (Lipinski definition) is 4. The van der Waals surface area contributed by atoms with Gasteiger partial charge in [-0.3, -0.25) is 9.78 Å². The largest absolute Gasteiger partial charge is 0.348 e. The van der Waals surface area contributed by atoms with Crippen molar-refractivity contribution in [1.82, 2.24) is 24.7 Å². The average Bonchev–Trinajstić information content (AvgIpc) is 2.81. The highest BCUT2D eigenvalue weighted by Crippen LogP contribution is 1.98. The third-order valence-electron chi connectivity index (χ3n) is 2.32. The van der Waals surface area contributed by atoms with Gasteiger partial charge in [0.1, 0.15) is 0 Å². The highest BCUT2D eigenvalue weighted by Gasteiger charge is 2.18. The number of rotatable bonds is 5. The maximum atomic E-state index is 11.8. The predicted octanol–water partition coefficient (Wildman–Crippen LogP) is -1.69. The molecule has 0 aliphatic heterocycles. The summed E-state index contributed by atoms with van der Waals surface area (Å²) in [6.45, 7) is 0.100. The first-order chi connectivity index (χ1) is 8.99. The zero-order valence-corrected chi connectivity index (χ0v) is 10.5. The molecule has 2 aromatic heterocycles. The van der Waals surface area contributed by atoms with Gasteiger partial charge in [-0.15, -0.1) is 0 Å². The Morgan fingerprint density at radius 2 is 2.05 bits per heavy atom. The topological polar surface area (TPSA) is 141 Å². The van der Waals surface area contributed by atoms with Crippen LogP contribution in [0.15, 0.2) is 33.2 Å². The first-order valence-corrected chi connectivity index (χ1v) is 6.76. The standard InChI is InChI=1S/C9H11N5O4S/c15-8-7(4-11-9(16)14-8)19(17,18)13-2-1-6-3-10-5-12-6/h3-5,13H,1-2H2,(H,10,12)(H2,11,14,15,16). The summed E-state index contributed by atoms with van der Waals surface area (Å²) in [4.78, 5) is 32.2. The van der Waals surface area contributed by atoms with Gasteiger partial charge in [0.15, 0.2) is 4.90 Å². The van der Waals surface area contributed by atoms with Gasteiger partial charge in [-0.1, -0.05) is 0 Å². The molecule has 0 aliphatic carbocycles. The molecule has 0 unspecified atom stereocenters. The molecule has 0 saturated heterocycles. The lowest BCUT2D eigenvalue weighted by atomic mass is 10.3. The number of imidazole rings is 1. The van der Waals surface area contributed by atoms with Gasteiger partial charge in [-0.2, -0.15) is 0 Å². The second-order valence-electron chi connectivity index (χ2n) is 3.66. The van der Waals surface area contributed by atoms with E-state index in [1.807, 2.05) is 4.98 Å². The Labute approximate surface area is 107 Å². The van der Waals surface area contributed by atoms with Crippen molar-refractivity contribution in [2.75, 3.05) is 6.54 Å². The van der Waals surface area contributed by atoms with Crippen LogP contribution in [0.1, 0.15) is 5.69 Å². The summed E-state index contributed by atoms with van der Waals surface area (Å²) in [6, 6.07) is 0. The number of aromatic amines is 3. The minimum atomic E-state index is -3.96. The van der Waals surface area contributed by atoms with Crippen LogP contribution < -0.4 is 16.0 Å². The number of H-pyrrole nitrogens is 3. The molecule has 0 saturated carbocycles. The van der Waals surface area contributed by atoms with Gasteiger partial charge >= 0.3 is 5.69 Å². The Hall–Kier alpha value is -2.20. The van der Waals surface area contributed by atoms with Gasteiger partial charge in [-0.05, 0) is 0 Å². The van der Waals surface area contributed by atoms with Crippen LogP contribution in [-0.2, 0) is 16.4 Å². The molecule has 2 heterocycles. The van der Waals surface area contributed by atoms with E-state index < -0.39 is 26.2 Å². The van der Waals surface area contributed by atoms with Crippen molar-refractivity contribution >= 4 is 10.0 Å². The average molecular weight is 285 g/mol. The van der Waals surface area contributed by atoms with Gasteiger partial charge in [-0.25, -0.2) is 22.9 Å². The molecule has 10 heteroatoms. The van der Waals surface area contributed by atoms with Crippen molar-refractivity contribution in [3.05, 3.63) is 45.3 Å². The summed E-state index contributed by atoms with van der Waals surface area (Å²) in [6.07, 6.45) is 4.32. The van der Waals surface area contributed by atoms with Gasteiger partial charge in [0, 0.05) is 31.1 Å². The van der Waals surface area contributed by atoms with Gasteiger partial charge in [0.25, 0.3) is 5.56 Å². The van der Waals surface area contributed by atoms with Crippen molar-refractivity contribution in [3.8, 4) is 0 Å². The molecule has 19 heavy (non-hydrogen) atoms. The van der Waals surface area contributed by atoms with Crippen molar-refractivity contribution in [1.29, 1.82) is 0 Å². The van der Waals surface area contributed by atoms with Crippen molar-refractivity contribution in [3.63, 3.8) is 0 Å². The maximum absolute atomic E-state index is 11.8. The van der Waals surface area contributed by atoms with Crippen LogP contribution in [0.5, 0.6) is 0 Å². The predicted molar refractivity (Wildman–Crippen MR) is 65.2 cm³/mol. The summed E-state index contributed by atoms with van der Waals surface area (Å²) in [7, 11) is -3.96. The van der Waals surface area contributed by atoms with Crippen LogP contribution in [0, 0.1) is 0 Å². The third kappa shape index (κ3) is 3.17. The Morgan fingerprint density at radius 3 is 2.68 bits per heavy atom. The first-order valence-electron chi connectivity index (χ1n) is 5.28. The summed E-state index contributed by atoms with van der Waals surface area (Å²) in [5.41, 5.74) is -0.961. The zero-order valence-electron chi connectivity index (χ0n) is 9.63. The molecule has 0 aliphatic rings. The molecular weight excluding hydrogens is 274 g/mol. The van der Waals surface area contributed by atoms with E-state index >= 15 is 0 Å². The van der Waals surface area contributed by atoms with E-state index in [-0.39, 0.29) is 6.54 Å². The molecule has 9 nitrogen and oxygen atoms in total. The van der Waals surface area contributed by atoms with Crippen molar-refractivity contribution < 1.29 is 8.42 Å². The second kappa shape index (κ2) is 5.20. The van der Waals surface area contributed by atoms with Crippen molar-refractivity contribution in [2.24, 2.45) is 0 Å². The lowest BCUT2D eigenvalue weighted by Crippen LogP contribution is -2.34. The molecule has 0 amide bonds. The lowest BCUT2D eigenvalue weighted by molar-refractivity contribution is 0.579. The quantitative estimate of drug-likeness (QED) is 0.518. The van der Waals surface area contributed by atoms with Gasteiger partial charge < -0.3 is 9.97 Å². The summed E-state index contributed by atoms with van der Waals surface area (Å²) < 4.78 is 25.9. The summed E-state index contributed by atoms with van der Waals surface area (Å²) in [5, 5.41) is 0. The molecule has 2 aromatic rings. The Balaban J connectivity index is 2.10. The van der Waals surface area contributed by atoms with Crippen LogP contribution in [0.25, 0.3) is 0 Å². The fourth-order valence-electron chi connectivity index (χ4n) is 1.42. The highest BCUT2D eigenvalue weighted by molar-refractivity contribution is 7.89. The summed E-state index contributed by atoms with van der Waals surface area (Å²) >= 11 is 0. The van der Waals surface area contributed by atoms with Crippen LogP contribution >= 0.6 is 0 Å². The highest BCUT2D eigenvalue weighted by atomic mass is 32.2. The van der Waals surface area contributed by atoms with Crippen LogP contribution in [-0.4, -0.2) is 34.9 Å². The molecule has 2 rings (SSSR count). The Kier molecular flexibility index (Phi) is 3.62. The number of sulfonamides is 1. The fourth-order valence-corrected chi connectivity index (χ4v) is 2.45. The van der Waals surface area contributed by atoms with Crippen molar-refractivity contribution in [2.45, 2.75) is 11.3 Å². The smallest absolute Gasteiger partial charge is 0.325 e. The molecule has 0 aromatic carbocycles. The minimum absolute atomic E-state index is 0.100. The molecule has 0 fully saturated rings. The molecule has 0 radical (unpaired) electrons. The molecular formula is C9H11N5O4S. The van der Waals surface area contributed by atoms with Crippen LogP contribution in [0.4, 0.5) is 0 Å². The zero-order chi connectivity index (χ0) is 13.9. The molecule has 0 bridgehead atoms. The van der Waals surface area contributed by atoms with E-state index in [0.717, 1.165) is 11.9 Å². The van der Waals surface area contributed by atoms with E-state index in [4.69, 9.17) is 0 Å². The van der Waals surface area contributed by atoms with Crippen LogP contribution in [0.3, 0.4) is 0 Å². The lowest BCUT2D eigenvalue weighted by Gasteiger charge is -2.04. The molecule has 102 valence electrons. The number of aromatic nitrogens is 4. The molecule has 4 N–H and O–H groups in total. The van der Waals surface area contributed by atoms with Crippen LogP contribution in [0.2, 0.25) is 0 Å². The van der Waals surface area contributed by atoms with E-state index in [1.54, 1.807) is 6.20 Å². The van der Waals surface area contributed by atoms with E-state index in [9.17, 15) is 18.0 Å². The minimum Gasteiger partial charge on any atom is -0.348 e. The first kappa shape index (κ1) is 13.2. The maximum Gasteiger partial charge on any atom is 0.325 e. The second-order valence-corrected chi connectivity index (χ2v) is 5.40. The van der Waals surface area contributed by atoms with Gasteiger partial charge in [0.2, 0.25) is 10.0 Å². The number of nitrogens with zero attached hydrogens (tertiary/aromatic N) is 1. The fraction of sp³-hybridized carbons (Fsp3) is 0.222. The SMILES string of the molecule is O=c1[nH]cc(S(=O)(=O)NCCc2cnc[nH]2)c(=O)[nH]1. The van der Waals surface area contributed by atoms with E-state index in [2.05, 4.69) is 19.7 Å². The van der Waals surface area contributed by atoms with E-state index in [1.165, 1.54) is 6.33 Å². The molecule has 0 spiro atoms. The number of nitrogens with one attached hydrogen (secondary N) is 4. The summed E-state index contributed by atoms with van der Waals surface area (Å²) in [5.74, 6) is 0.